The summed E-state index contributed by atoms with van der Waals surface area (Å²) >= 11 is 0. The SMILES string of the molecule is COc1cc(C)c(C(=O)c2cccc(C)c2F)cc1OC. The molecule has 0 heterocycles. The minimum Gasteiger partial charge on any atom is -0.493 e. The monoisotopic (exact) mass is 288 g/mol. The van der Waals surface area contributed by atoms with Gasteiger partial charge in [-0.3, -0.25) is 4.79 Å². The molecule has 0 aromatic heterocycles. The number of ether oxygens (including phenoxy) is 2. The van der Waals surface area contributed by atoms with Crippen molar-refractivity contribution in [3.63, 3.8) is 0 Å². The zero-order valence-corrected chi connectivity index (χ0v) is 12.5. The third kappa shape index (κ3) is 2.75. The Kier molecular flexibility index (Phi) is 4.26. The van der Waals surface area contributed by atoms with Crippen LogP contribution in [-0.4, -0.2) is 20.0 Å². The smallest absolute Gasteiger partial charge is 0.196 e. The second-order valence-electron chi connectivity index (χ2n) is 4.79. The van der Waals surface area contributed by atoms with Gasteiger partial charge >= 0.3 is 0 Å². The molecule has 0 aliphatic rings. The maximum absolute atomic E-state index is 14.1. The maximum atomic E-state index is 14.1. The lowest BCUT2D eigenvalue weighted by molar-refractivity contribution is 0.103. The Morgan fingerprint density at radius 1 is 0.952 bits per heavy atom. The molecule has 0 spiro atoms. The third-order valence-electron chi connectivity index (χ3n) is 3.41. The van der Waals surface area contributed by atoms with Gasteiger partial charge in [0.05, 0.1) is 19.8 Å². The van der Waals surface area contributed by atoms with Gasteiger partial charge in [0.15, 0.2) is 17.3 Å². The molecule has 21 heavy (non-hydrogen) atoms. The number of aryl methyl sites for hydroxylation is 2. The molecule has 110 valence electrons. The van der Waals surface area contributed by atoms with Crippen LogP contribution >= 0.6 is 0 Å². The molecule has 0 aliphatic heterocycles. The molecule has 0 saturated carbocycles. The molecular formula is C17H17FO3. The largest absolute Gasteiger partial charge is 0.493 e. The highest BCUT2D eigenvalue weighted by Gasteiger charge is 2.19. The number of carbonyl (C=O) groups is 1. The quantitative estimate of drug-likeness (QED) is 0.805. The lowest BCUT2D eigenvalue weighted by Gasteiger charge is -2.12. The van der Waals surface area contributed by atoms with E-state index < -0.39 is 5.82 Å². The number of hydrogen-bond acceptors (Lipinski definition) is 3. The van der Waals surface area contributed by atoms with E-state index in [1.54, 1.807) is 38.1 Å². The first-order valence-electron chi connectivity index (χ1n) is 6.52. The number of hydrogen-bond donors (Lipinski definition) is 0. The summed E-state index contributed by atoms with van der Waals surface area (Å²) < 4.78 is 24.5. The molecule has 0 aliphatic carbocycles. The number of methoxy groups -OCH3 is 2. The second-order valence-corrected chi connectivity index (χ2v) is 4.79. The normalized spacial score (nSPS) is 10.3. The predicted octanol–water partition coefficient (Wildman–Crippen LogP) is 3.69. The number of rotatable bonds is 4. The first-order chi connectivity index (χ1) is 9.99. The second kappa shape index (κ2) is 5.95. The standard InChI is InChI=1S/C17H17FO3/c1-10-6-5-7-12(16(10)18)17(19)13-9-15(21-4)14(20-3)8-11(13)2/h5-9H,1-4H3. The molecule has 3 nitrogen and oxygen atoms in total. The van der Waals surface area contributed by atoms with E-state index in [0.29, 0.717) is 28.2 Å². The van der Waals surface area contributed by atoms with Gasteiger partial charge < -0.3 is 9.47 Å². The van der Waals surface area contributed by atoms with Crippen LogP contribution in [0, 0.1) is 19.7 Å². The Hall–Kier alpha value is -2.36. The van der Waals surface area contributed by atoms with E-state index in [9.17, 15) is 9.18 Å². The summed E-state index contributed by atoms with van der Waals surface area (Å²) in [5, 5.41) is 0. The number of halogens is 1. The predicted molar refractivity (Wildman–Crippen MR) is 78.9 cm³/mol. The zero-order valence-electron chi connectivity index (χ0n) is 12.5. The van der Waals surface area contributed by atoms with E-state index in [1.807, 2.05) is 0 Å². The first kappa shape index (κ1) is 15.0. The van der Waals surface area contributed by atoms with Gasteiger partial charge in [0.25, 0.3) is 0 Å². The van der Waals surface area contributed by atoms with Crippen molar-refractivity contribution in [2.24, 2.45) is 0 Å². The van der Waals surface area contributed by atoms with Gasteiger partial charge in [-0.2, -0.15) is 0 Å². The van der Waals surface area contributed by atoms with Crippen LogP contribution in [0.1, 0.15) is 27.0 Å². The van der Waals surface area contributed by atoms with Gasteiger partial charge in [0.1, 0.15) is 5.82 Å². The van der Waals surface area contributed by atoms with Crippen molar-refractivity contribution < 1.29 is 18.7 Å². The molecule has 2 rings (SSSR count). The van der Waals surface area contributed by atoms with Crippen molar-refractivity contribution in [3.05, 3.63) is 58.4 Å². The number of carbonyl (C=O) groups excluding carboxylic acids is 1. The van der Waals surface area contributed by atoms with Crippen molar-refractivity contribution in [1.29, 1.82) is 0 Å². The van der Waals surface area contributed by atoms with Crippen molar-refractivity contribution in [1.82, 2.24) is 0 Å². The molecule has 4 heteroatoms. The summed E-state index contributed by atoms with van der Waals surface area (Å²) in [7, 11) is 3.02. The molecule has 0 radical (unpaired) electrons. The summed E-state index contributed by atoms with van der Waals surface area (Å²) in [4.78, 5) is 12.6. The molecule has 0 saturated heterocycles. The molecule has 2 aromatic carbocycles. The Bertz CT molecular complexity index is 693. The average molecular weight is 288 g/mol. The van der Waals surface area contributed by atoms with Crippen LogP contribution in [0.25, 0.3) is 0 Å². The van der Waals surface area contributed by atoms with Crippen LogP contribution < -0.4 is 9.47 Å². The Morgan fingerprint density at radius 3 is 2.19 bits per heavy atom. The lowest BCUT2D eigenvalue weighted by atomic mass is 9.97. The van der Waals surface area contributed by atoms with E-state index in [4.69, 9.17) is 9.47 Å². The highest BCUT2D eigenvalue weighted by Crippen LogP contribution is 2.31. The van der Waals surface area contributed by atoms with Gasteiger partial charge in [-0.05, 0) is 43.2 Å². The topological polar surface area (TPSA) is 35.5 Å². The van der Waals surface area contributed by atoms with E-state index in [1.165, 1.54) is 20.3 Å². The zero-order chi connectivity index (χ0) is 15.6. The summed E-state index contributed by atoms with van der Waals surface area (Å²) in [6, 6.07) is 8.08. The minimum absolute atomic E-state index is 0.0605. The van der Waals surface area contributed by atoms with E-state index >= 15 is 0 Å². The molecule has 0 amide bonds. The molecule has 0 unspecified atom stereocenters. The van der Waals surface area contributed by atoms with Crippen LogP contribution in [0.4, 0.5) is 4.39 Å². The van der Waals surface area contributed by atoms with Crippen LogP contribution in [0.15, 0.2) is 30.3 Å². The summed E-state index contributed by atoms with van der Waals surface area (Å²) in [6.45, 7) is 3.41. The first-order valence-corrected chi connectivity index (χ1v) is 6.52. The van der Waals surface area contributed by atoms with Crippen molar-refractivity contribution >= 4 is 5.78 Å². The van der Waals surface area contributed by atoms with Crippen molar-refractivity contribution in [2.75, 3.05) is 14.2 Å². The highest BCUT2D eigenvalue weighted by atomic mass is 19.1. The molecule has 0 fully saturated rings. The van der Waals surface area contributed by atoms with E-state index in [0.717, 1.165) is 0 Å². The highest BCUT2D eigenvalue weighted by molar-refractivity contribution is 6.10. The number of ketones is 1. The fourth-order valence-corrected chi connectivity index (χ4v) is 2.19. The average Bonchev–Trinajstić information content (AvgIpc) is 2.49. The van der Waals surface area contributed by atoms with Crippen molar-refractivity contribution in [3.8, 4) is 11.5 Å². The van der Waals surface area contributed by atoms with Crippen LogP contribution in [0.3, 0.4) is 0 Å². The Balaban J connectivity index is 2.56. The molecule has 0 N–H and O–H groups in total. The molecule has 0 atom stereocenters. The fourth-order valence-electron chi connectivity index (χ4n) is 2.19. The van der Waals surface area contributed by atoms with Crippen molar-refractivity contribution in [2.45, 2.75) is 13.8 Å². The molecule has 0 bridgehead atoms. The van der Waals surface area contributed by atoms with Gasteiger partial charge in [0, 0.05) is 5.56 Å². The van der Waals surface area contributed by atoms with Gasteiger partial charge in [-0.15, -0.1) is 0 Å². The minimum atomic E-state index is -0.489. The molecular weight excluding hydrogens is 271 g/mol. The third-order valence-corrected chi connectivity index (χ3v) is 3.41. The maximum Gasteiger partial charge on any atom is 0.196 e. The van der Waals surface area contributed by atoms with Gasteiger partial charge in [-0.25, -0.2) is 4.39 Å². The Morgan fingerprint density at radius 2 is 1.57 bits per heavy atom. The van der Waals surface area contributed by atoms with Crippen LogP contribution in [-0.2, 0) is 0 Å². The molecule has 2 aromatic rings. The summed E-state index contributed by atoms with van der Waals surface area (Å²) in [6.07, 6.45) is 0. The van der Waals surface area contributed by atoms with Crippen LogP contribution in [0.5, 0.6) is 11.5 Å². The van der Waals surface area contributed by atoms with Crippen LogP contribution in [0.2, 0.25) is 0 Å². The fraction of sp³-hybridized carbons (Fsp3) is 0.235. The van der Waals surface area contributed by atoms with Gasteiger partial charge in [0.2, 0.25) is 0 Å². The lowest BCUT2D eigenvalue weighted by Crippen LogP contribution is -2.08. The van der Waals surface area contributed by atoms with E-state index in [-0.39, 0.29) is 11.3 Å². The van der Waals surface area contributed by atoms with Gasteiger partial charge in [-0.1, -0.05) is 12.1 Å². The summed E-state index contributed by atoms with van der Waals surface area (Å²) in [5.41, 5.74) is 1.61. The summed E-state index contributed by atoms with van der Waals surface area (Å²) in [5.74, 6) is 0.127. The van der Waals surface area contributed by atoms with E-state index in [2.05, 4.69) is 0 Å². The number of benzene rings is 2. The Labute approximate surface area is 123 Å².